The Kier molecular flexibility index (Phi) is 5.17. The fourth-order valence-corrected chi connectivity index (χ4v) is 3.86. The SMILES string of the molecule is Cc1nn(C)c(C)c1CC(=O)N1CCN(C(=O)C2COc3ccccc3O2)CC1. The van der Waals surface area contributed by atoms with Gasteiger partial charge in [-0.1, -0.05) is 12.1 Å². The Labute approximate surface area is 170 Å². The molecule has 29 heavy (non-hydrogen) atoms. The summed E-state index contributed by atoms with van der Waals surface area (Å²) in [6.45, 7) is 6.14. The van der Waals surface area contributed by atoms with Crippen LogP contribution in [0.25, 0.3) is 0 Å². The van der Waals surface area contributed by atoms with E-state index in [1.54, 1.807) is 15.6 Å². The maximum atomic E-state index is 12.8. The van der Waals surface area contributed by atoms with Gasteiger partial charge in [-0.3, -0.25) is 14.3 Å². The Morgan fingerprint density at radius 1 is 1.07 bits per heavy atom. The van der Waals surface area contributed by atoms with Crippen molar-refractivity contribution >= 4 is 11.8 Å². The predicted molar refractivity (Wildman–Crippen MR) is 106 cm³/mol. The van der Waals surface area contributed by atoms with Gasteiger partial charge in [0.25, 0.3) is 5.91 Å². The van der Waals surface area contributed by atoms with E-state index in [2.05, 4.69) is 5.10 Å². The number of amides is 2. The Balaban J connectivity index is 1.32. The van der Waals surface area contributed by atoms with E-state index in [0.717, 1.165) is 17.0 Å². The molecule has 8 heteroatoms. The summed E-state index contributed by atoms with van der Waals surface area (Å²) in [5.74, 6) is 1.23. The molecule has 4 rings (SSSR count). The van der Waals surface area contributed by atoms with Gasteiger partial charge in [-0.05, 0) is 26.0 Å². The maximum Gasteiger partial charge on any atom is 0.267 e. The van der Waals surface area contributed by atoms with E-state index in [1.165, 1.54) is 0 Å². The lowest BCUT2D eigenvalue weighted by Crippen LogP contribution is -2.55. The van der Waals surface area contributed by atoms with Crippen molar-refractivity contribution in [2.75, 3.05) is 32.8 Å². The number of carbonyl (C=O) groups is 2. The first kappa shape index (κ1) is 19.3. The highest BCUT2D eigenvalue weighted by Gasteiger charge is 2.33. The van der Waals surface area contributed by atoms with Gasteiger partial charge in [0.05, 0.1) is 12.1 Å². The number of piperazine rings is 1. The minimum absolute atomic E-state index is 0.0717. The molecule has 3 heterocycles. The summed E-state index contributed by atoms with van der Waals surface area (Å²) in [5.41, 5.74) is 2.89. The Morgan fingerprint density at radius 3 is 2.38 bits per heavy atom. The number of ether oxygens (including phenoxy) is 2. The molecule has 1 unspecified atom stereocenters. The summed E-state index contributed by atoms with van der Waals surface area (Å²) in [6, 6.07) is 7.35. The van der Waals surface area contributed by atoms with Crippen LogP contribution in [-0.4, -0.2) is 70.3 Å². The molecule has 0 aliphatic carbocycles. The van der Waals surface area contributed by atoms with E-state index in [4.69, 9.17) is 9.47 Å². The predicted octanol–water partition coefficient (Wildman–Crippen LogP) is 1.09. The number of benzene rings is 1. The Hall–Kier alpha value is -3.03. The second kappa shape index (κ2) is 7.77. The van der Waals surface area contributed by atoms with Gasteiger partial charge in [0.1, 0.15) is 6.61 Å². The van der Waals surface area contributed by atoms with E-state index in [1.807, 2.05) is 44.0 Å². The number of para-hydroxylation sites is 2. The van der Waals surface area contributed by atoms with Crippen LogP contribution in [0.5, 0.6) is 11.5 Å². The average molecular weight is 398 g/mol. The smallest absolute Gasteiger partial charge is 0.267 e. The summed E-state index contributed by atoms with van der Waals surface area (Å²) >= 11 is 0. The number of nitrogens with zero attached hydrogens (tertiary/aromatic N) is 4. The van der Waals surface area contributed by atoms with Gasteiger partial charge in [-0.15, -0.1) is 0 Å². The van der Waals surface area contributed by atoms with E-state index in [0.29, 0.717) is 44.1 Å². The topological polar surface area (TPSA) is 76.9 Å². The minimum Gasteiger partial charge on any atom is -0.485 e. The van der Waals surface area contributed by atoms with Gasteiger partial charge in [-0.2, -0.15) is 5.10 Å². The molecule has 1 aromatic carbocycles. The summed E-state index contributed by atoms with van der Waals surface area (Å²) < 4.78 is 13.3. The molecule has 154 valence electrons. The monoisotopic (exact) mass is 398 g/mol. The number of hydrogen-bond acceptors (Lipinski definition) is 5. The number of rotatable bonds is 3. The first-order valence-corrected chi connectivity index (χ1v) is 9.88. The lowest BCUT2D eigenvalue weighted by atomic mass is 10.1. The second-order valence-corrected chi connectivity index (χ2v) is 7.52. The molecule has 1 saturated heterocycles. The van der Waals surface area contributed by atoms with Gasteiger partial charge < -0.3 is 19.3 Å². The zero-order valence-electron chi connectivity index (χ0n) is 17.1. The fraction of sp³-hybridized carbons (Fsp3) is 0.476. The lowest BCUT2D eigenvalue weighted by molar-refractivity contribution is -0.146. The first-order chi connectivity index (χ1) is 13.9. The van der Waals surface area contributed by atoms with Crippen LogP contribution in [-0.2, 0) is 23.1 Å². The van der Waals surface area contributed by atoms with E-state index in [9.17, 15) is 9.59 Å². The van der Waals surface area contributed by atoms with Crippen molar-refractivity contribution < 1.29 is 19.1 Å². The molecular weight excluding hydrogens is 372 g/mol. The Morgan fingerprint density at radius 2 is 1.72 bits per heavy atom. The molecule has 1 fully saturated rings. The van der Waals surface area contributed by atoms with E-state index in [-0.39, 0.29) is 18.4 Å². The van der Waals surface area contributed by atoms with Crippen molar-refractivity contribution in [2.24, 2.45) is 7.05 Å². The van der Waals surface area contributed by atoms with Gasteiger partial charge >= 0.3 is 0 Å². The number of hydrogen-bond donors (Lipinski definition) is 0. The molecule has 0 radical (unpaired) electrons. The van der Waals surface area contributed by atoms with Crippen LogP contribution in [0.1, 0.15) is 17.0 Å². The number of aromatic nitrogens is 2. The average Bonchev–Trinajstić information content (AvgIpc) is 2.99. The third-order valence-corrected chi connectivity index (χ3v) is 5.71. The van der Waals surface area contributed by atoms with E-state index >= 15 is 0 Å². The van der Waals surface area contributed by atoms with Crippen molar-refractivity contribution in [2.45, 2.75) is 26.4 Å². The third-order valence-electron chi connectivity index (χ3n) is 5.71. The van der Waals surface area contributed by atoms with Crippen molar-refractivity contribution in [3.05, 3.63) is 41.2 Å². The van der Waals surface area contributed by atoms with Crippen LogP contribution >= 0.6 is 0 Å². The molecule has 2 aliphatic heterocycles. The zero-order chi connectivity index (χ0) is 20.5. The zero-order valence-corrected chi connectivity index (χ0v) is 17.1. The number of aryl methyl sites for hydroxylation is 2. The fourth-order valence-electron chi connectivity index (χ4n) is 3.86. The normalized spacial score (nSPS) is 18.7. The maximum absolute atomic E-state index is 12.8. The van der Waals surface area contributed by atoms with Gasteiger partial charge in [0.2, 0.25) is 12.0 Å². The lowest BCUT2D eigenvalue weighted by Gasteiger charge is -2.37. The molecule has 0 bridgehead atoms. The van der Waals surface area contributed by atoms with Crippen molar-refractivity contribution in [3.8, 4) is 11.5 Å². The molecular formula is C21H26N4O4. The molecule has 2 aliphatic rings. The molecule has 0 saturated carbocycles. The standard InChI is InChI=1S/C21H26N4O4/c1-14-16(15(2)23(3)22-14)12-20(26)24-8-10-25(11-9-24)21(27)19-13-28-17-6-4-5-7-18(17)29-19/h4-7,19H,8-13H2,1-3H3. The summed E-state index contributed by atoms with van der Waals surface area (Å²) in [6.07, 6.45) is -0.302. The summed E-state index contributed by atoms with van der Waals surface area (Å²) in [7, 11) is 1.89. The van der Waals surface area contributed by atoms with Crippen molar-refractivity contribution in [3.63, 3.8) is 0 Å². The van der Waals surface area contributed by atoms with Crippen LogP contribution in [0, 0.1) is 13.8 Å². The third kappa shape index (κ3) is 3.79. The largest absolute Gasteiger partial charge is 0.485 e. The van der Waals surface area contributed by atoms with Crippen LogP contribution < -0.4 is 9.47 Å². The molecule has 1 aromatic heterocycles. The first-order valence-electron chi connectivity index (χ1n) is 9.88. The Bertz CT molecular complexity index is 931. The molecule has 0 N–H and O–H groups in total. The minimum atomic E-state index is -0.646. The van der Waals surface area contributed by atoms with Gasteiger partial charge in [0.15, 0.2) is 11.5 Å². The highest BCUT2D eigenvalue weighted by Crippen LogP contribution is 2.31. The number of carbonyl (C=O) groups excluding carboxylic acids is 2. The van der Waals surface area contributed by atoms with Crippen molar-refractivity contribution in [1.29, 1.82) is 0 Å². The van der Waals surface area contributed by atoms with Gasteiger partial charge in [0, 0.05) is 44.5 Å². The highest BCUT2D eigenvalue weighted by atomic mass is 16.6. The quantitative estimate of drug-likeness (QED) is 0.774. The summed E-state index contributed by atoms with van der Waals surface area (Å²) in [5, 5.41) is 4.38. The van der Waals surface area contributed by atoms with Crippen molar-refractivity contribution in [1.82, 2.24) is 19.6 Å². The van der Waals surface area contributed by atoms with Crippen LogP contribution in [0.2, 0.25) is 0 Å². The molecule has 2 amide bonds. The van der Waals surface area contributed by atoms with E-state index < -0.39 is 6.10 Å². The van der Waals surface area contributed by atoms with Gasteiger partial charge in [-0.25, -0.2) is 0 Å². The van der Waals surface area contributed by atoms with Crippen LogP contribution in [0.15, 0.2) is 24.3 Å². The molecule has 2 aromatic rings. The summed E-state index contributed by atoms with van der Waals surface area (Å²) in [4.78, 5) is 29.1. The highest BCUT2D eigenvalue weighted by molar-refractivity contribution is 5.83. The number of fused-ring (bicyclic) bond motifs is 1. The molecule has 1 atom stereocenters. The molecule has 8 nitrogen and oxygen atoms in total. The second-order valence-electron chi connectivity index (χ2n) is 7.52. The van der Waals surface area contributed by atoms with Crippen LogP contribution in [0.3, 0.4) is 0 Å². The molecule has 0 spiro atoms. The van der Waals surface area contributed by atoms with Crippen LogP contribution in [0.4, 0.5) is 0 Å².